The van der Waals surface area contributed by atoms with Crippen molar-refractivity contribution in [3.05, 3.63) is 72.9 Å². The van der Waals surface area contributed by atoms with Crippen molar-refractivity contribution < 1.29 is 15.0 Å². The second-order valence-electron chi connectivity index (χ2n) is 22.9. The SMILES string of the molecule is CCCCCCC/C=C\C/C=C\C/C=C\CCCCCCCCCCCCCCCCCCCCCCCCC(=O)NC(CO)C(O)/C=C/CC/C=C/CC/C=C/CCCCCCCCCCCCCCCCCC. The Balaban J connectivity index is 3.49. The summed E-state index contributed by atoms with van der Waals surface area (Å²) in [5.74, 6) is -0.0731. The van der Waals surface area contributed by atoms with E-state index in [1.54, 1.807) is 6.08 Å². The third-order valence-corrected chi connectivity index (χ3v) is 15.4. The van der Waals surface area contributed by atoms with E-state index >= 15 is 0 Å². The minimum absolute atomic E-state index is 0.0731. The van der Waals surface area contributed by atoms with Crippen molar-refractivity contribution in [3.63, 3.8) is 0 Å². The van der Waals surface area contributed by atoms with E-state index in [1.165, 1.54) is 283 Å². The molecule has 2 atom stereocenters. The number of carbonyl (C=O) groups excluding carboxylic acids is 1. The molecule has 0 radical (unpaired) electrons. The normalized spacial score (nSPS) is 13.2. The molecule has 0 fully saturated rings. The van der Waals surface area contributed by atoms with Gasteiger partial charge < -0.3 is 15.5 Å². The van der Waals surface area contributed by atoms with Gasteiger partial charge in [-0.3, -0.25) is 4.79 Å². The fourth-order valence-electron chi connectivity index (χ4n) is 10.3. The van der Waals surface area contributed by atoms with Gasteiger partial charge >= 0.3 is 0 Å². The van der Waals surface area contributed by atoms with Gasteiger partial charge in [0.15, 0.2) is 0 Å². The van der Waals surface area contributed by atoms with Gasteiger partial charge in [0, 0.05) is 6.42 Å². The summed E-state index contributed by atoms with van der Waals surface area (Å²) in [5.41, 5.74) is 0. The van der Waals surface area contributed by atoms with Crippen molar-refractivity contribution in [1.29, 1.82) is 0 Å². The Morgan fingerprint density at radius 3 is 0.867 bits per heavy atom. The van der Waals surface area contributed by atoms with Crippen LogP contribution in [-0.2, 0) is 4.79 Å². The number of aliphatic hydroxyl groups is 2. The summed E-state index contributed by atoms with van der Waals surface area (Å²) in [6.45, 7) is 4.31. The second-order valence-corrected chi connectivity index (χ2v) is 22.9. The van der Waals surface area contributed by atoms with Crippen LogP contribution in [0.1, 0.15) is 354 Å². The lowest BCUT2D eigenvalue weighted by Gasteiger charge is -2.19. The van der Waals surface area contributed by atoms with Crippen LogP contribution in [0.4, 0.5) is 0 Å². The van der Waals surface area contributed by atoms with Crippen LogP contribution in [0.3, 0.4) is 0 Å². The van der Waals surface area contributed by atoms with E-state index in [0.717, 1.165) is 51.4 Å². The first-order valence-electron chi connectivity index (χ1n) is 33.7. The standard InChI is InChI=1S/C71H131NO3/c1-3-5-7-9-11-13-15-17-19-21-23-25-27-29-31-32-33-34-35-36-37-38-39-40-41-43-45-47-49-51-53-55-57-59-61-63-65-67-71(75)72-69(68-73)70(74)66-64-62-60-58-56-54-52-50-48-46-44-42-30-28-26-24-22-20-18-16-14-12-10-8-6-4-2/h15,17,21,23,27,29,48,50,56,58,64,66,69-70,73-74H,3-14,16,18-20,22,24-26,28,30-47,49,51-55,57,59-63,65,67-68H2,1-2H3,(H,72,75)/b17-15-,23-21-,29-27-,50-48+,58-56+,66-64+. The number of carbonyl (C=O) groups is 1. The Bertz CT molecular complexity index is 1280. The topological polar surface area (TPSA) is 69.6 Å². The van der Waals surface area contributed by atoms with Crippen molar-refractivity contribution in [3.8, 4) is 0 Å². The van der Waals surface area contributed by atoms with Crippen molar-refractivity contribution >= 4 is 5.91 Å². The molecule has 2 unspecified atom stereocenters. The molecular weight excluding hydrogens is 915 g/mol. The molecule has 0 saturated carbocycles. The summed E-state index contributed by atoms with van der Waals surface area (Å²) >= 11 is 0. The molecule has 0 saturated heterocycles. The molecule has 4 heteroatoms. The molecule has 0 rings (SSSR count). The number of nitrogens with one attached hydrogen (secondary N) is 1. The highest BCUT2D eigenvalue weighted by molar-refractivity contribution is 5.76. The Labute approximate surface area is 469 Å². The van der Waals surface area contributed by atoms with Gasteiger partial charge in [0.05, 0.1) is 18.8 Å². The molecule has 0 bridgehead atoms. The van der Waals surface area contributed by atoms with Gasteiger partial charge in [-0.1, -0.05) is 337 Å². The molecule has 1 amide bonds. The van der Waals surface area contributed by atoms with E-state index < -0.39 is 12.1 Å². The first-order valence-corrected chi connectivity index (χ1v) is 33.7. The lowest BCUT2D eigenvalue weighted by molar-refractivity contribution is -0.123. The third-order valence-electron chi connectivity index (χ3n) is 15.4. The highest BCUT2D eigenvalue weighted by Crippen LogP contribution is 2.18. The summed E-state index contributed by atoms with van der Waals surface area (Å²) in [6, 6.07) is -0.648. The van der Waals surface area contributed by atoms with Crippen LogP contribution in [-0.4, -0.2) is 34.9 Å². The van der Waals surface area contributed by atoms with E-state index in [2.05, 4.69) is 79.9 Å². The largest absolute Gasteiger partial charge is 0.394 e. The van der Waals surface area contributed by atoms with Gasteiger partial charge in [-0.25, -0.2) is 0 Å². The number of hydrogen-bond donors (Lipinski definition) is 3. The minimum atomic E-state index is -0.873. The van der Waals surface area contributed by atoms with Crippen LogP contribution in [0.25, 0.3) is 0 Å². The number of rotatable bonds is 62. The number of hydrogen-bond acceptors (Lipinski definition) is 3. The van der Waals surface area contributed by atoms with E-state index in [4.69, 9.17) is 0 Å². The van der Waals surface area contributed by atoms with E-state index in [1.807, 2.05) is 6.08 Å². The maximum absolute atomic E-state index is 12.5. The van der Waals surface area contributed by atoms with Crippen molar-refractivity contribution in [2.45, 2.75) is 366 Å². The zero-order valence-corrected chi connectivity index (χ0v) is 50.6. The van der Waals surface area contributed by atoms with Crippen LogP contribution in [0, 0.1) is 0 Å². The highest BCUT2D eigenvalue weighted by Gasteiger charge is 2.18. The van der Waals surface area contributed by atoms with Crippen LogP contribution >= 0.6 is 0 Å². The first-order chi connectivity index (χ1) is 37.2. The minimum Gasteiger partial charge on any atom is -0.394 e. The summed E-state index contributed by atoms with van der Waals surface area (Å²) < 4.78 is 0. The van der Waals surface area contributed by atoms with Gasteiger partial charge in [0.1, 0.15) is 0 Å². The van der Waals surface area contributed by atoms with Crippen molar-refractivity contribution in [1.82, 2.24) is 5.32 Å². The van der Waals surface area contributed by atoms with Gasteiger partial charge in [-0.2, -0.15) is 0 Å². The Hall–Kier alpha value is -2.17. The average molecular weight is 1050 g/mol. The molecule has 0 aromatic carbocycles. The zero-order valence-electron chi connectivity index (χ0n) is 50.6. The molecular formula is C71H131NO3. The molecule has 3 N–H and O–H groups in total. The van der Waals surface area contributed by atoms with Crippen molar-refractivity contribution in [2.24, 2.45) is 0 Å². The fraction of sp³-hybridized carbons (Fsp3) is 0.817. The Morgan fingerprint density at radius 2 is 0.560 bits per heavy atom. The summed E-state index contributed by atoms with van der Waals surface area (Å²) in [6.07, 6.45) is 95.5. The molecule has 438 valence electrons. The summed E-state index contributed by atoms with van der Waals surface area (Å²) in [4.78, 5) is 12.5. The molecule has 0 aromatic rings. The molecule has 0 heterocycles. The summed E-state index contributed by atoms with van der Waals surface area (Å²) in [7, 11) is 0. The predicted molar refractivity (Wildman–Crippen MR) is 336 cm³/mol. The molecule has 0 aliphatic carbocycles. The predicted octanol–water partition coefficient (Wildman–Crippen LogP) is 22.9. The number of aliphatic hydroxyl groups excluding tert-OH is 2. The maximum atomic E-state index is 12.5. The van der Waals surface area contributed by atoms with Crippen LogP contribution < -0.4 is 5.32 Å². The monoisotopic (exact) mass is 1050 g/mol. The Kier molecular flexibility index (Phi) is 64.2. The maximum Gasteiger partial charge on any atom is 0.220 e. The second kappa shape index (κ2) is 66.1. The molecule has 75 heavy (non-hydrogen) atoms. The van der Waals surface area contributed by atoms with E-state index in [-0.39, 0.29) is 12.5 Å². The first kappa shape index (κ1) is 72.8. The molecule has 0 aliphatic rings. The van der Waals surface area contributed by atoms with Gasteiger partial charge in [-0.05, 0) is 83.5 Å². The molecule has 0 spiro atoms. The smallest absolute Gasteiger partial charge is 0.220 e. The number of allylic oxidation sites excluding steroid dienone is 11. The molecule has 0 aromatic heterocycles. The lowest BCUT2D eigenvalue weighted by atomic mass is 10.0. The van der Waals surface area contributed by atoms with Crippen LogP contribution in [0.15, 0.2) is 72.9 Å². The van der Waals surface area contributed by atoms with Gasteiger partial charge in [0.2, 0.25) is 5.91 Å². The quantitative estimate of drug-likeness (QED) is 0.0420. The van der Waals surface area contributed by atoms with Gasteiger partial charge in [-0.15, -0.1) is 0 Å². The van der Waals surface area contributed by atoms with Crippen LogP contribution in [0.2, 0.25) is 0 Å². The number of amides is 1. The molecule has 4 nitrogen and oxygen atoms in total. The van der Waals surface area contributed by atoms with E-state index in [0.29, 0.717) is 6.42 Å². The van der Waals surface area contributed by atoms with E-state index in [9.17, 15) is 15.0 Å². The average Bonchev–Trinajstić information content (AvgIpc) is 3.41. The highest BCUT2D eigenvalue weighted by atomic mass is 16.3. The zero-order chi connectivity index (χ0) is 54.1. The molecule has 0 aliphatic heterocycles. The lowest BCUT2D eigenvalue weighted by Crippen LogP contribution is -2.45. The summed E-state index contributed by atoms with van der Waals surface area (Å²) in [5, 5.41) is 23.2. The third kappa shape index (κ3) is 62.6. The van der Waals surface area contributed by atoms with Crippen molar-refractivity contribution in [2.75, 3.05) is 6.61 Å². The fourth-order valence-corrected chi connectivity index (χ4v) is 10.3. The Morgan fingerprint density at radius 1 is 0.320 bits per heavy atom. The number of unbranched alkanes of at least 4 members (excludes halogenated alkanes) is 45. The van der Waals surface area contributed by atoms with Crippen LogP contribution in [0.5, 0.6) is 0 Å². The van der Waals surface area contributed by atoms with Gasteiger partial charge in [0.25, 0.3) is 0 Å².